The average Bonchev–Trinajstić information content (AvgIpc) is 3.31. The van der Waals surface area contributed by atoms with Gasteiger partial charge in [-0.05, 0) is 48.9 Å². The summed E-state index contributed by atoms with van der Waals surface area (Å²) in [7, 11) is -3.88. The van der Waals surface area contributed by atoms with Crippen LogP contribution in [0.15, 0.2) is 77.7 Å². The second kappa shape index (κ2) is 9.94. The highest BCUT2D eigenvalue weighted by Gasteiger charge is 2.23. The third-order valence-electron chi connectivity index (χ3n) is 5.10. The van der Waals surface area contributed by atoms with E-state index in [1.165, 1.54) is 19.1 Å². The normalized spacial score (nSPS) is 13.2. The van der Waals surface area contributed by atoms with Crippen molar-refractivity contribution in [3.8, 4) is 11.5 Å². The average molecular weight is 482 g/mol. The maximum atomic E-state index is 12.8. The van der Waals surface area contributed by atoms with Gasteiger partial charge in [-0.25, -0.2) is 8.42 Å². The van der Waals surface area contributed by atoms with E-state index in [1.807, 2.05) is 6.07 Å². The van der Waals surface area contributed by atoms with Crippen molar-refractivity contribution in [3.05, 3.63) is 83.9 Å². The molecule has 2 amide bonds. The molecule has 0 saturated heterocycles. The molecule has 10 heteroatoms. The van der Waals surface area contributed by atoms with Crippen LogP contribution in [0.4, 0.5) is 5.69 Å². The van der Waals surface area contributed by atoms with E-state index in [9.17, 15) is 18.0 Å². The fourth-order valence-corrected chi connectivity index (χ4v) is 4.54. The molecule has 34 heavy (non-hydrogen) atoms. The van der Waals surface area contributed by atoms with Gasteiger partial charge in [0.15, 0.2) is 11.5 Å². The monoisotopic (exact) mass is 481 g/mol. The van der Waals surface area contributed by atoms with Gasteiger partial charge < -0.3 is 20.1 Å². The largest absolute Gasteiger partial charge is 0.454 e. The van der Waals surface area contributed by atoms with Gasteiger partial charge in [-0.15, -0.1) is 0 Å². The zero-order valence-electron chi connectivity index (χ0n) is 18.3. The summed E-state index contributed by atoms with van der Waals surface area (Å²) in [5, 5.41) is 5.45. The SMILES string of the molecule is C[C@H](NS(=O)(=O)c1ccccc1)C(=O)Nc1ccccc1C(=O)NCc1ccc2c(c1)OCO2. The number of carbonyl (C=O) groups excluding carboxylic acids is 2. The number of benzene rings is 3. The first-order chi connectivity index (χ1) is 16.3. The maximum absolute atomic E-state index is 12.8. The Morgan fingerprint density at radius 1 is 0.941 bits per heavy atom. The molecule has 4 rings (SSSR count). The summed E-state index contributed by atoms with van der Waals surface area (Å²) in [4.78, 5) is 25.6. The summed E-state index contributed by atoms with van der Waals surface area (Å²) < 4.78 is 38.0. The number of ether oxygens (including phenoxy) is 2. The van der Waals surface area contributed by atoms with E-state index in [1.54, 1.807) is 54.6 Å². The number of sulfonamides is 1. The van der Waals surface area contributed by atoms with Crippen LogP contribution in [0.3, 0.4) is 0 Å². The van der Waals surface area contributed by atoms with Crippen molar-refractivity contribution in [1.29, 1.82) is 0 Å². The molecule has 176 valence electrons. The molecule has 0 aliphatic carbocycles. The first-order valence-corrected chi connectivity index (χ1v) is 12.0. The molecular weight excluding hydrogens is 458 g/mol. The molecule has 1 atom stereocenters. The number of amides is 2. The zero-order valence-corrected chi connectivity index (χ0v) is 19.1. The van der Waals surface area contributed by atoms with E-state index in [-0.39, 0.29) is 29.5 Å². The third kappa shape index (κ3) is 5.36. The van der Waals surface area contributed by atoms with Crippen LogP contribution in [-0.4, -0.2) is 33.1 Å². The van der Waals surface area contributed by atoms with E-state index < -0.39 is 27.9 Å². The molecule has 3 aromatic carbocycles. The van der Waals surface area contributed by atoms with Crippen molar-refractivity contribution in [1.82, 2.24) is 10.0 Å². The van der Waals surface area contributed by atoms with Gasteiger partial charge >= 0.3 is 0 Å². The first-order valence-electron chi connectivity index (χ1n) is 10.5. The Hall–Kier alpha value is -3.89. The Labute approximate surface area is 197 Å². The summed E-state index contributed by atoms with van der Waals surface area (Å²) >= 11 is 0. The Kier molecular flexibility index (Phi) is 6.80. The molecule has 3 aromatic rings. The van der Waals surface area contributed by atoms with Crippen molar-refractivity contribution in [3.63, 3.8) is 0 Å². The zero-order chi connectivity index (χ0) is 24.1. The van der Waals surface area contributed by atoms with E-state index in [4.69, 9.17) is 9.47 Å². The predicted molar refractivity (Wildman–Crippen MR) is 125 cm³/mol. The van der Waals surface area contributed by atoms with Gasteiger partial charge in [0.05, 0.1) is 22.2 Å². The quantitative estimate of drug-likeness (QED) is 0.455. The number of rotatable bonds is 8. The molecule has 3 N–H and O–H groups in total. The second-order valence-electron chi connectivity index (χ2n) is 7.56. The van der Waals surface area contributed by atoms with Gasteiger partial charge in [-0.2, -0.15) is 4.72 Å². The first kappa shape index (κ1) is 23.3. The highest BCUT2D eigenvalue weighted by Crippen LogP contribution is 2.32. The highest BCUT2D eigenvalue weighted by atomic mass is 32.2. The number of hydrogen-bond donors (Lipinski definition) is 3. The number of anilines is 1. The minimum atomic E-state index is -3.88. The summed E-state index contributed by atoms with van der Waals surface area (Å²) in [5.74, 6) is 0.271. The van der Waals surface area contributed by atoms with Crippen molar-refractivity contribution < 1.29 is 27.5 Å². The van der Waals surface area contributed by atoms with Crippen LogP contribution >= 0.6 is 0 Å². The molecular formula is C24H23N3O6S. The summed E-state index contributed by atoms with van der Waals surface area (Å²) in [6.45, 7) is 1.83. The van der Waals surface area contributed by atoms with Crippen molar-refractivity contribution in [2.24, 2.45) is 0 Å². The van der Waals surface area contributed by atoms with Gasteiger partial charge in [0.25, 0.3) is 5.91 Å². The number of nitrogens with one attached hydrogen (secondary N) is 3. The molecule has 1 aliphatic heterocycles. The minimum Gasteiger partial charge on any atom is -0.454 e. The highest BCUT2D eigenvalue weighted by molar-refractivity contribution is 7.89. The molecule has 1 aliphatic rings. The van der Waals surface area contributed by atoms with Crippen LogP contribution < -0.4 is 24.8 Å². The van der Waals surface area contributed by atoms with Crippen LogP contribution in [0.1, 0.15) is 22.8 Å². The smallest absolute Gasteiger partial charge is 0.253 e. The molecule has 0 aromatic heterocycles. The lowest BCUT2D eigenvalue weighted by molar-refractivity contribution is -0.117. The Morgan fingerprint density at radius 2 is 1.65 bits per heavy atom. The van der Waals surface area contributed by atoms with Gasteiger partial charge in [0.2, 0.25) is 22.7 Å². The van der Waals surface area contributed by atoms with Gasteiger partial charge in [-0.3, -0.25) is 9.59 Å². The van der Waals surface area contributed by atoms with Crippen molar-refractivity contribution in [2.75, 3.05) is 12.1 Å². The van der Waals surface area contributed by atoms with Crippen LogP contribution in [0.5, 0.6) is 11.5 Å². The summed E-state index contributed by atoms with van der Waals surface area (Å²) in [6, 6.07) is 18.6. The number of fused-ring (bicyclic) bond motifs is 1. The number of para-hydroxylation sites is 1. The summed E-state index contributed by atoms with van der Waals surface area (Å²) in [5.41, 5.74) is 1.33. The van der Waals surface area contributed by atoms with Crippen LogP contribution in [0.25, 0.3) is 0 Å². The molecule has 0 saturated carbocycles. The Morgan fingerprint density at radius 3 is 2.44 bits per heavy atom. The standard InChI is InChI=1S/C24H23N3O6S/c1-16(27-34(30,31)18-7-3-2-4-8-18)23(28)26-20-10-6-5-9-19(20)24(29)25-14-17-11-12-21-22(13-17)33-15-32-21/h2-13,16,27H,14-15H2,1H3,(H,25,29)(H,26,28)/t16-/m0/s1. The fraction of sp³-hybridized carbons (Fsp3) is 0.167. The minimum absolute atomic E-state index is 0.0537. The van der Waals surface area contributed by atoms with E-state index in [0.29, 0.717) is 11.5 Å². The van der Waals surface area contributed by atoms with Gasteiger partial charge in [-0.1, -0.05) is 36.4 Å². The molecule has 0 bridgehead atoms. The molecule has 1 heterocycles. The van der Waals surface area contributed by atoms with Crippen molar-refractivity contribution >= 4 is 27.5 Å². The van der Waals surface area contributed by atoms with Gasteiger partial charge in [0.1, 0.15) is 0 Å². The number of carbonyl (C=O) groups is 2. The summed E-state index contributed by atoms with van der Waals surface area (Å²) in [6.07, 6.45) is 0. The third-order valence-corrected chi connectivity index (χ3v) is 6.65. The van der Waals surface area contributed by atoms with Gasteiger partial charge in [0, 0.05) is 6.54 Å². The Balaban J connectivity index is 1.40. The van der Waals surface area contributed by atoms with E-state index >= 15 is 0 Å². The molecule has 9 nitrogen and oxygen atoms in total. The van der Waals surface area contributed by atoms with Crippen LogP contribution in [-0.2, 0) is 21.4 Å². The lowest BCUT2D eigenvalue weighted by Gasteiger charge is -2.16. The topological polar surface area (TPSA) is 123 Å². The molecule has 0 radical (unpaired) electrons. The maximum Gasteiger partial charge on any atom is 0.253 e. The lowest BCUT2D eigenvalue weighted by Crippen LogP contribution is -2.41. The van der Waals surface area contributed by atoms with E-state index in [2.05, 4.69) is 15.4 Å². The number of hydrogen-bond acceptors (Lipinski definition) is 6. The van der Waals surface area contributed by atoms with Crippen molar-refractivity contribution in [2.45, 2.75) is 24.4 Å². The lowest BCUT2D eigenvalue weighted by atomic mass is 10.1. The molecule has 0 fully saturated rings. The Bertz CT molecular complexity index is 1310. The molecule has 0 unspecified atom stereocenters. The fourth-order valence-electron chi connectivity index (χ4n) is 3.31. The molecule has 0 spiro atoms. The van der Waals surface area contributed by atoms with Crippen LogP contribution in [0, 0.1) is 0 Å². The van der Waals surface area contributed by atoms with Crippen LogP contribution in [0.2, 0.25) is 0 Å². The predicted octanol–water partition coefficient (Wildman–Crippen LogP) is 2.65. The van der Waals surface area contributed by atoms with E-state index in [0.717, 1.165) is 5.56 Å². The second-order valence-corrected chi connectivity index (χ2v) is 9.28.